The minimum atomic E-state index is -0.662. The third-order valence-corrected chi connectivity index (χ3v) is 7.33. The van der Waals surface area contributed by atoms with Crippen LogP contribution in [0.2, 0.25) is 0 Å². The van der Waals surface area contributed by atoms with Crippen LogP contribution in [-0.2, 0) is 18.6 Å². The topological polar surface area (TPSA) is 69.9 Å². The molecule has 0 amide bonds. The molecule has 0 spiro atoms. The Hall–Kier alpha value is -1.52. The van der Waals surface area contributed by atoms with E-state index in [0.717, 1.165) is 16.6 Å². The van der Waals surface area contributed by atoms with E-state index in [1.807, 2.05) is 69.2 Å². The number of hydrogen-bond acceptors (Lipinski definition) is 6. The Morgan fingerprint density at radius 3 is 1.40 bits per heavy atom. The Kier molecular flexibility index (Phi) is 5.40. The summed E-state index contributed by atoms with van der Waals surface area (Å²) in [6.45, 7) is 19.8. The highest BCUT2D eigenvalue weighted by Gasteiger charge is 2.55. The molecule has 162 valence electrons. The molecule has 3 rings (SSSR count). The van der Waals surface area contributed by atoms with Crippen LogP contribution < -0.4 is 15.7 Å². The van der Waals surface area contributed by atoms with E-state index in [1.54, 1.807) is 7.11 Å². The number of nitrogens with zero attached hydrogens (tertiary/aromatic N) is 1. The molecule has 6 nitrogen and oxygen atoms in total. The molecule has 0 atom stereocenters. The quantitative estimate of drug-likeness (QED) is 0.711. The van der Waals surface area contributed by atoms with Gasteiger partial charge in [-0.1, -0.05) is 0 Å². The normalized spacial score (nSPS) is 23.5. The Morgan fingerprint density at radius 1 is 0.700 bits per heavy atom. The van der Waals surface area contributed by atoms with Crippen molar-refractivity contribution in [2.24, 2.45) is 0 Å². The average molecular weight is 413 g/mol. The van der Waals surface area contributed by atoms with E-state index < -0.39 is 36.6 Å². The smallest absolute Gasteiger partial charge is 0.497 e. The highest BCUT2D eigenvalue weighted by atomic mass is 16.7. The van der Waals surface area contributed by atoms with Crippen molar-refractivity contribution in [2.45, 2.75) is 91.6 Å². The second-order valence-corrected chi connectivity index (χ2v) is 10.3. The minimum Gasteiger partial charge on any atom is -0.497 e. The molecule has 2 aliphatic rings. The Labute approximate surface area is 181 Å². The predicted octanol–water partition coefficient (Wildman–Crippen LogP) is 2.78. The molecular weight excluding hydrogens is 380 g/mol. The van der Waals surface area contributed by atoms with Crippen molar-refractivity contribution in [3.8, 4) is 11.8 Å². The number of rotatable bonds is 3. The van der Waals surface area contributed by atoms with Crippen LogP contribution >= 0.6 is 0 Å². The number of ether oxygens (including phenoxy) is 1. The second-order valence-electron chi connectivity index (χ2n) is 10.3. The first kappa shape index (κ1) is 23.1. The van der Waals surface area contributed by atoms with Gasteiger partial charge in [-0.15, -0.1) is 0 Å². The van der Waals surface area contributed by atoms with Gasteiger partial charge in [0.1, 0.15) is 5.75 Å². The summed E-state index contributed by atoms with van der Waals surface area (Å²) >= 11 is 0. The fourth-order valence-electron chi connectivity index (χ4n) is 3.93. The van der Waals surface area contributed by atoms with E-state index in [0.29, 0.717) is 16.8 Å². The van der Waals surface area contributed by atoms with Crippen molar-refractivity contribution in [2.75, 3.05) is 7.11 Å². The van der Waals surface area contributed by atoms with Gasteiger partial charge < -0.3 is 23.4 Å². The molecule has 2 heterocycles. The molecule has 0 saturated carbocycles. The van der Waals surface area contributed by atoms with Crippen molar-refractivity contribution in [1.29, 1.82) is 5.26 Å². The number of nitriles is 1. The van der Waals surface area contributed by atoms with Crippen LogP contribution in [0, 0.1) is 25.2 Å². The van der Waals surface area contributed by atoms with Crippen LogP contribution in [0.15, 0.2) is 0 Å². The second kappa shape index (κ2) is 7.00. The van der Waals surface area contributed by atoms with Crippen LogP contribution in [0.5, 0.6) is 5.75 Å². The van der Waals surface area contributed by atoms with Gasteiger partial charge in [-0.05, 0) is 80.4 Å². The van der Waals surface area contributed by atoms with Crippen LogP contribution in [0.4, 0.5) is 0 Å². The molecule has 0 radical (unpaired) electrons. The molecule has 2 saturated heterocycles. The van der Waals surface area contributed by atoms with Gasteiger partial charge in [-0.3, -0.25) is 0 Å². The van der Waals surface area contributed by atoms with E-state index in [4.69, 9.17) is 23.4 Å². The highest BCUT2D eigenvalue weighted by molar-refractivity contribution is 6.66. The van der Waals surface area contributed by atoms with E-state index >= 15 is 0 Å². The highest BCUT2D eigenvalue weighted by Crippen LogP contribution is 2.40. The zero-order valence-corrected chi connectivity index (χ0v) is 20.1. The van der Waals surface area contributed by atoms with E-state index in [1.165, 1.54) is 0 Å². The molecule has 30 heavy (non-hydrogen) atoms. The molecule has 0 aliphatic carbocycles. The molecule has 1 aromatic rings. The monoisotopic (exact) mass is 413 g/mol. The first-order valence-electron chi connectivity index (χ1n) is 10.4. The molecule has 0 aromatic heterocycles. The summed E-state index contributed by atoms with van der Waals surface area (Å²) in [7, 11) is 0.323. The van der Waals surface area contributed by atoms with Crippen LogP contribution in [0.3, 0.4) is 0 Å². The van der Waals surface area contributed by atoms with Crippen molar-refractivity contribution < 1.29 is 23.4 Å². The SMILES string of the molecule is COc1c(C)c(B2OC(C)(C)C(C)(C)O2)c(C#N)c(C)c1B1OC(C)(C)C(C)(C)O1. The van der Waals surface area contributed by atoms with Crippen molar-refractivity contribution >= 4 is 25.2 Å². The zero-order valence-electron chi connectivity index (χ0n) is 20.1. The van der Waals surface area contributed by atoms with Gasteiger partial charge in [-0.2, -0.15) is 5.26 Å². The molecule has 2 fully saturated rings. The van der Waals surface area contributed by atoms with Crippen LogP contribution in [0.1, 0.15) is 72.1 Å². The molecule has 0 unspecified atom stereocenters. The molecule has 0 bridgehead atoms. The van der Waals surface area contributed by atoms with Crippen molar-refractivity contribution in [3.05, 3.63) is 16.7 Å². The maximum Gasteiger partial charge on any atom is 0.498 e. The lowest BCUT2D eigenvalue weighted by Crippen LogP contribution is -2.45. The summed E-state index contributed by atoms with van der Waals surface area (Å²) < 4.78 is 30.9. The number of methoxy groups -OCH3 is 1. The number of benzene rings is 1. The van der Waals surface area contributed by atoms with E-state index in [-0.39, 0.29) is 0 Å². The molecule has 1 aromatic carbocycles. The maximum absolute atomic E-state index is 10.1. The Morgan fingerprint density at radius 2 is 1.07 bits per heavy atom. The van der Waals surface area contributed by atoms with E-state index in [9.17, 15) is 5.26 Å². The van der Waals surface area contributed by atoms with Gasteiger partial charge in [0.05, 0.1) is 41.1 Å². The lowest BCUT2D eigenvalue weighted by Gasteiger charge is -2.32. The Balaban J connectivity index is 2.19. The molecule has 0 N–H and O–H groups in total. The molecule has 2 aliphatic heterocycles. The average Bonchev–Trinajstić information content (AvgIpc) is 2.94. The zero-order chi connectivity index (χ0) is 22.9. The summed E-state index contributed by atoms with van der Waals surface area (Å²) in [4.78, 5) is 0. The summed E-state index contributed by atoms with van der Waals surface area (Å²) in [6.07, 6.45) is 0. The van der Waals surface area contributed by atoms with Gasteiger partial charge in [0.2, 0.25) is 0 Å². The lowest BCUT2D eigenvalue weighted by molar-refractivity contribution is 0.00578. The lowest BCUT2D eigenvalue weighted by atomic mass is 9.66. The maximum atomic E-state index is 10.1. The minimum absolute atomic E-state index is 0.500. The van der Waals surface area contributed by atoms with Gasteiger partial charge >= 0.3 is 14.2 Å². The van der Waals surface area contributed by atoms with Crippen LogP contribution in [0.25, 0.3) is 0 Å². The van der Waals surface area contributed by atoms with Crippen molar-refractivity contribution in [1.82, 2.24) is 0 Å². The van der Waals surface area contributed by atoms with Gasteiger partial charge in [0.25, 0.3) is 0 Å². The fraction of sp³-hybridized carbons (Fsp3) is 0.682. The third-order valence-electron chi connectivity index (χ3n) is 7.33. The van der Waals surface area contributed by atoms with E-state index in [2.05, 4.69) is 6.07 Å². The standard InChI is InChI=1S/C22H33B2NO5/c1-13-15(12-25)16(23-27-19(3,4)20(5,6)28-23)14(2)18(26-11)17(13)24-29-21(7,8)22(9,10)30-24/h1-11H3. The third kappa shape index (κ3) is 3.27. The fourth-order valence-corrected chi connectivity index (χ4v) is 3.93. The predicted molar refractivity (Wildman–Crippen MR) is 119 cm³/mol. The first-order valence-corrected chi connectivity index (χ1v) is 10.4. The first-order chi connectivity index (χ1) is 13.6. The van der Waals surface area contributed by atoms with Gasteiger partial charge in [-0.25, -0.2) is 0 Å². The van der Waals surface area contributed by atoms with Gasteiger partial charge in [0, 0.05) is 10.9 Å². The number of hydrogen-bond donors (Lipinski definition) is 0. The Bertz CT molecular complexity index is 882. The van der Waals surface area contributed by atoms with Crippen LogP contribution in [-0.4, -0.2) is 43.8 Å². The molecule has 8 heteroatoms. The summed E-state index contributed by atoms with van der Waals surface area (Å²) in [6, 6.07) is 2.37. The largest absolute Gasteiger partial charge is 0.498 e. The van der Waals surface area contributed by atoms with Gasteiger partial charge in [0.15, 0.2) is 0 Å². The summed E-state index contributed by atoms with van der Waals surface area (Å²) in [5, 5.41) is 10.1. The summed E-state index contributed by atoms with van der Waals surface area (Å²) in [5.74, 6) is 0.634. The van der Waals surface area contributed by atoms with Crippen molar-refractivity contribution in [3.63, 3.8) is 0 Å². The summed E-state index contributed by atoms with van der Waals surface area (Å²) in [5.41, 5.74) is 1.48. The molecular formula is C22H33B2NO5.